The smallest absolute Gasteiger partial charge is 0.188 e. The lowest BCUT2D eigenvalue weighted by Gasteiger charge is -2.26. The van der Waals surface area contributed by atoms with E-state index >= 15 is 0 Å². The molecule has 0 saturated carbocycles. The summed E-state index contributed by atoms with van der Waals surface area (Å²) in [5.74, 6) is 0.545. The van der Waals surface area contributed by atoms with Crippen LogP contribution in [0.15, 0.2) is 29.3 Å². The third-order valence-corrected chi connectivity index (χ3v) is 4.30. The summed E-state index contributed by atoms with van der Waals surface area (Å²) in [6, 6.07) is 8.67. The quantitative estimate of drug-likeness (QED) is 0.257. The molecule has 1 aliphatic rings. The molecule has 1 fully saturated rings. The van der Waals surface area contributed by atoms with Crippen LogP contribution in [0.2, 0.25) is 0 Å². The van der Waals surface area contributed by atoms with Gasteiger partial charge in [-0.05, 0) is 17.5 Å². The average Bonchev–Trinajstić information content (AvgIpc) is 2.62. The van der Waals surface area contributed by atoms with Crippen molar-refractivity contribution in [2.75, 3.05) is 32.8 Å². The molecule has 0 radical (unpaired) electrons. The maximum atomic E-state index is 5.91. The van der Waals surface area contributed by atoms with E-state index in [9.17, 15) is 0 Å². The van der Waals surface area contributed by atoms with Gasteiger partial charge in [0.25, 0.3) is 0 Å². The molecule has 0 atom stereocenters. The number of guanidine groups is 1. The van der Waals surface area contributed by atoms with Crippen LogP contribution in [-0.2, 0) is 17.8 Å². The van der Waals surface area contributed by atoms with E-state index < -0.39 is 0 Å². The highest BCUT2D eigenvalue weighted by Crippen LogP contribution is 2.10. The summed E-state index contributed by atoms with van der Waals surface area (Å²) in [5.41, 5.74) is 8.44. The molecule has 0 aliphatic carbocycles. The molecule has 2 rings (SSSR count). The van der Waals surface area contributed by atoms with Crippen molar-refractivity contribution in [3.63, 3.8) is 0 Å². The predicted octanol–water partition coefficient (Wildman–Crippen LogP) is 3.12. The highest BCUT2D eigenvalue weighted by atomic mass is 127. The van der Waals surface area contributed by atoms with Crippen LogP contribution >= 0.6 is 24.0 Å². The Morgan fingerprint density at radius 2 is 1.80 bits per heavy atom. The number of ether oxygens (including phenoxy) is 1. The minimum atomic E-state index is 0. The molecule has 0 bridgehead atoms. The molecule has 1 aromatic rings. The van der Waals surface area contributed by atoms with Crippen molar-refractivity contribution in [2.24, 2.45) is 10.7 Å². The second-order valence-corrected chi connectivity index (χ2v) is 6.39. The number of rotatable bonds is 9. The zero-order chi connectivity index (χ0) is 17.0. The maximum Gasteiger partial charge on any atom is 0.188 e. The van der Waals surface area contributed by atoms with Crippen LogP contribution in [0.3, 0.4) is 0 Å². The first-order valence-electron chi connectivity index (χ1n) is 9.19. The Morgan fingerprint density at radius 1 is 1.12 bits per heavy atom. The minimum Gasteiger partial charge on any atom is -0.379 e. The number of nitrogens with zero attached hydrogens (tertiary/aromatic N) is 2. The van der Waals surface area contributed by atoms with Crippen molar-refractivity contribution in [3.8, 4) is 0 Å². The molecular formula is C19H33IN4O. The monoisotopic (exact) mass is 460 g/mol. The summed E-state index contributed by atoms with van der Waals surface area (Å²) >= 11 is 0. The van der Waals surface area contributed by atoms with Crippen LogP contribution < -0.4 is 11.1 Å². The molecule has 3 N–H and O–H groups in total. The Kier molecular flexibility index (Phi) is 11.9. The van der Waals surface area contributed by atoms with Crippen molar-refractivity contribution in [2.45, 2.75) is 45.7 Å². The van der Waals surface area contributed by atoms with Crippen LogP contribution in [0.4, 0.5) is 0 Å². The van der Waals surface area contributed by atoms with Crippen LogP contribution in [0.1, 0.15) is 43.7 Å². The average molecular weight is 460 g/mol. The van der Waals surface area contributed by atoms with Gasteiger partial charge in [0.05, 0.1) is 19.8 Å². The molecule has 1 aromatic carbocycles. The molecule has 6 heteroatoms. The summed E-state index contributed by atoms with van der Waals surface area (Å²) < 4.78 is 5.38. The van der Waals surface area contributed by atoms with Crippen LogP contribution in [-0.4, -0.2) is 43.7 Å². The van der Waals surface area contributed by atoms with Gasteiger partial charge in [0, 0.05) is 26.2 Å². The fraction of sp³-hybridized carbons (Fsp3) is 0.632. The number of unbranched alkanes of at least 4 members (excludes halogenated alkanes) is 3. The topological polar surface area (TPSA) is 62.9 Å². The summed E-state index contributed by atoms with van der Waals surface area (Å²) in [6.07, 6.45) is 4.95. The molecule has 1 saturated heterocycles. The third-order valence-electron chi connectivity index (χ3n) is 4.30. The van der Waals surface area contributed by atoms with Gasteiger partial charge in [-0.3, -0.25) is 4.90 Å². The van der Waals surface area contributed by atoms with E-state index in [1.54, 1.807) is 0 Å². The lowest BCUT2D eigenvalue weighted by molar-refractivity contribution is 0.0342. The summed E-state index contributed by atoms with van der Waals surface area (Å²) in [4.78, 5) is 6.84. The van der Waals surface area contributed by atoms with Crippen molar-refractivity contribution in [1.29, 1.82) is 0 Å². The van der Waals surface area contributed by atoms with E-state index in [-0.39, 0.29) is 24.0 Å². The SMILES string of the molecule is CCCCCCNC(N)=NCc1ccc(CN2CCOCC2)cc1.I. The van der Waals surface area contributed by atoms with Crippen molar-refractivity contribution in [3.05, 3.63) is 35.4 Å². The molecular weight excluding hydrogens is 427 g/mol. The van der Waals surface area contributed by atoms with Gasteiger partial charge in [0.2, 0.25) is 0 Å². The molecule has 0 unspecified atom stereocenters. The Hall–Kier alpha value is -0.860. The molecule has 5 nitrogen and oxygen atoms in total. The summed E-state index contributed by atoms with van der Waals surface area (Å²) in [5, 5.41) is 3.19. The van der Waals surface area contributed by atoms with E-state index in [2.05, 4.69) is 46.4 Å². The first kappa shape index (κ1) is 22.2. The number of hydrogen-bond donors (Lipinski definition) is 2. The second-order valence-electron chi connectivity index (χ2n) is 6.39. The zero-order valence-corrected chi connectivity index (χ0v) is 17.7. The summed E-state index contributed by atoms with van der Waals surface area (Å²) in [7, 11) is 0. The number of benzene rings is 1. The van der Waals surface area contributed by atoms with Gasteiger partial charge in [0.15, 0.2) is 5.96 Å². The molecule has 1 aliphatic heterocycles. The van der Waals surface area contributed by atoms with E-state index in [0.717, 1.165) is 45.8 Å². The normalized spacial score (nSPS) is 15.6. The minimum absolute atomic E-state index is 0. The van der Waals surface area contributed by atoms with Crippen LogP contribution in [0.5, 0.6) is 0 Å². The number of morpholine rings is 1. The van der Waals surface area contributed by atoms with Crippen molar-refractivity contribution in [1.82, 2.24) is 10.2 Å². The second kappa shape index (κ2) is 13.4. The van der Waals surface area contributed by atoms with Crippen molar-refractivity contribution < 1.29 is 4.74 Å². The van der Waals surface area contributed by atoms with Gasteiger partial charge < -0.3 is 15.8 Å². The van der Waals surface area contributed by atoms with E-state index in [1.807, 2.05) is 0 Å². The lowest BCUT2D eigenvalue weighted by Crippen LogP contribution is -2.35. The highest BCUT2D eigenvalue weighted by molar-refractivity contribution is 14.0. The molecule has 142 valence electrons. The molecule has 0 spiro atoms. The first-order chi connectivity index (χ1) is 11.8. The standard InChI is InChI=1S/C19H32N4O.HI/c1-2-3-4-5-10-21-19(20)22-15-17-6-8-18(9-7-17)16-23-11-13-24-14-12-23;/h6-9H,2-5,10-16H2,1H3,(H3,20,21,22);1H. The van der Waals surface area contributed by atoms with Gasteiger partial charge in [0.1, 0.15) is 0 Å². The zero-order valence-electron chi connectivity index (χ0n) is 15.4. The Morgan fingerprint density at radius 3 is 2.48 bits per heavy atom. The molecule has 0 amide bonds. The fourth-order valence-corrected chi connectivity index (χ4v) is 2.77. The largest absolute Gasteiger partial charge is 0.379 e. The van der Waals surface area contributed by atoms with Gasteiger partial charge in [-0.15, -0.1) is 24.0 Å². The lowest BCUT2D eigenvalue weighted by atomic mass is 10.1. The number of hydrogen-bond acceptors (Lipinski definition) is 3. The Labute approximate surface area is 169 Å². The Bertz CT molecular complexity index is 487. The summed E-state index contributed by atoms with van der Waals surface area (Å²) in [6.45, 7) is 8.48. The molecule has 0 aromatic heterocycles. The first-order valence-corrected chi connectivity index (χ1v) is 9.19. The third kappa shape index (κ3) is 9.42. The van der Waals surface area contributed by atoms with Gasteiger partial charge >= 0.3 is 0 Å². The van der Waals surface area contributed by atoms with Crippen LogP contribution in [0, 0.1) is 0 Å². The van der Waals surface area contributed by atoms with Crippen LogP contribution in [0.25, 0.3) is 0 Å². The maximum absolute atomic E-state index is 5.91. The van der Waals surface area contributed by atoms with Crippen molar-refractivity contribution >= 4 is 29.9 Å². The molecule has 1 heterocycles. The number of nitrogens with one attached hydrogen (secondary N) is 1. The number of halogens is 1. The fourth-order valence-electron chi connectivity index (χ4n) is 2.77. The Balaban J connectivity index is 0.00000312. The van der Waals surface area contributed by atoms with E-state index in [0.29, 0.717) is 12.5 Å². The van der Waals surface area contributed by atoms with Gasteiger partial charge in [-0.2, -0.15) is 0 Å². The predicted molar refractivity (Wildman–Crippen MR) is 115 cm³/mol. The van der Waals surface area contributed by atoms with E-state index in [4.69, 9.17) is 10.5 Å². The number of aliphatic imine (C=N–C) groups is 1. The van der Waals surface area contributed by atoms with Gasteiger partial charge in [-0.25, -0.2) is 4.99 Å². The molecule has 25 heavy (non-hydrogen) atoms. The van der Waals surface area contributed by atoms with E-state index in [1.165, 1.54) is 30.4 Å². The number of nitrogens with two attached hydrogens (primary N) is 1. The highest BCUT2D eigenvalue weighted by Gasteiger charge is 2.10. The van der Waals surface area contributed by atoms with Gasteiger partial charge in [-0.1, -0.05) is 50.5 Å².